The molecular weight excluding hydrogens is 254 g/mol. The van der Waals surface area contributed by atoms with Crippen molar-refractivity contribution in [3.05, 3.63) is 47.5 Å². The van der Waals surface area contributed by atoms with E-state index in [4.69, 9.17) is 0 Å². The molecule has 0 nitrogen and oxygen atoms in total. The van der Waals surface area contributed by atoms with E-state index in [0.717, 1.165) is 24.3 Å². The van der Waals surface area contributed by atoms with Crippen molar-refractivity contribution in [1.82, 2.24) is 0 Å². The van der Waals surface area contributed by atoms with Crippen LogP contribution in [0.1, 0.15) is 56.4 Å². The molecule has 1 aromatic rings. The van der Waals surface area contributed by atoms with E-state index in [2.05, 4.69) is 12.2 Å². The standard InChI is InChI=1S/C18H22F2/c19-17-11-10-16(12-18(17)20)15-8-6-14(7-9-15)5-4-13-2-1-3-13/h4-5,10-15H,1-3,6-9H2. The summed E-state index contributed by atoms with van der Waals surface area (Å²) in [4.78, 5) is 0. The molecule has 0 heterocycles. The van der Waals surface area contributed by atoms with Gasteiger partial charge in [-0.2, -0.15) is 0 Å². The third-order valence-corrected chi connectivity index (χ3v) is 4.99. The normalized spacial score (nSPS) is 27.7. The quantitative estimate of drug-likeness (QED) is 0.631. The molecule has 0 saturated heterocycles. The summed E-state index contributed by atoms with van der Waals surface area (Å²) >= 11 is 0. The van der Waals surface area contributed by atoms with Crippen LogP contribution in [0.3, 0.4) is 0 Å². The van der Waals surface area contributed by atoms with Gasteiger partial charge in [0.2, 0.25) is 0 Å². The summed E-state index contributed by atoms with van der Waals surface area (Å²) in [5.41, 5.74) is 0.963. The summed E-state index contributed by atoms with van der Waals surface area (Å²) in [6.45, 7) is 0. The van der Waals surface area contributed by atoms with Gasteiger partial charge in [0, 0.05) is 0 Å². The Morgan fingerprint density at radius 1 is 0.800 bits per heavy atom. The van der Waals surface area contributed by atoms with Gasteiger partial charge in [-0.05, 0) is 74.0 Å². The molecule has 0 unspecified atom stereocenters. The van der Waals surface area contributed by atoms with Gasteiger partial charge in [-0.1, -0.05) is 24.6 Å². The lowest BCUT2D eigenvalue weighted by Crippen LogP contribution is -2.13. The Balaban J connectivity index is 1.54. The fourth-order valence-electron chi connectivity index (χ4n) is 3.36. The van der Waals surface area contributed by atoms with Crippen molar-refractivity contribution in [1.29, 1.82) is 0 Å². The second-order valence-electron chi connectivity index (χ2n) is 6.36. The lowest BCUT2D eigenvalue weighted by atomic mass is 9.77. The highest BCUT2D eigenvalue weighted by atomic mass is 19.2. The fraction of sp³-hybridized carbons (Fsp3) is 0.556. The van der Waals surface area contributed by atoms with Crippen LogP contribution in [-0.2, 0) is 0 Å². The molecule has 0 aromatic heterocycles. The number of hydrogen-bond acceptors (Lipinski definition) is 0. The Morgan fingerprint density at radius 3 is 2.00 bits per heavy atom. The lowest BCUT2D eigenvalue weighted by Gasteiger charge is -2.28. The summed E-state index contributed by atoms with van der Waals surface area (Å²) in [5, 5.41) is 0. The molecular formula is C18H22F2. The number of hydrogen-bond donors (Lipinski definition) is 0. The molecule has 2 aliphatic carbocycles. The van der Waals surface area contributed by atoms with Crippen molar-refractivity contribution in [3.8, 4) is 0 Å². The van der Waals surface area contributed by atoms with Crippen LogP contribution in [0.2, 0.25) is 0 Å². The molecule has 0 N–H and O–H groups in total. The Labute approximate surface area is 119 Å². The second kappa shape index (κ2) is 6.07. The van der Waals surface area contributed by atoms with Crippen LogP contribution in [0.4, 0.5) is 8.78 Å². The summed E-state index contributed by atoms with van der Waals surface area (Å²) in [6, 6.07) is 4.38. The summed E-state index contributed by atoms with van der Waals surface area (Å²) in [5.74, 6) is 0.467. The number of rotatable bonds is 3. The average Bonchev–Trinajstić information content (AvgIpc) is 2.41. The number of allylic oxidation sites excluding steroid dienone is 2. The molecule has 1 aromatic carbocycles. The first kappa shape index (κ1) is 13.8. The molecule has 2 aliphatic rings. The molecule has 0 amide bonds. The minimum absolute atomic E-state index is 0.401. The zero-order valence-corrected chi connectivity index (χ0v) is 11.8. The van der Waals surface area contributed by atoms with Crippen molar-refractivity contribution in [2.24, 2.45) is 11.8 Å². The molecule has 0 aliphatic heterocycles. The second-order valence-corrected chi connectivity index (χ2v) is 6.36. The highest BCUT2D eigenvalue weighted by Gasteiger charge is 2.22. The SMILES string of the molecule is Fc1ccc(C2CCC(C=CC3CCC3)CC2)cc1F. The first-order chi connectivity index (χ1) is 9.72. The van der Waals surface area contributed by atoms with E-state index in [1.165, 1.54) is 44.2 Å². The summed E-state index contributed by atoms with van der Waals surface area (Å²) in [6.07, 6.45) is 13.5. The third-order valence-electron chi connectivity index (χ3n) is 4.99. The summed E-state index contributed by atoms with van der Waals surface area (Å²) in [7, 11) is 0. The minimum Gasteiger partial charge on any atom is -0.204 e. The largest absolute Gasteiger partial charge is 0.204 e. The highest BCUT2D eigenvalue weighted by molar-refractivity contribution is 5.22. The molecule has 2 saturated carbocycles. The van der Waals surface area contributed by atoms with Gasteiger partial charge in [0.05, 0.1) is 0 Å². The van der Waals surface area contributed by atoms with Crippen molar-refractivity contribution in [2.45, 2.75) is 50.9 Å². The molecule has 2 heteroatoms. The van der Waals surface area contributed by atoms with Crippen molar-refractivity contribution in [3.63, 3.8) is 0 Å². The first-order valence-electron chi connectivity index (χ1n) is 7.85. The van der Waals surface area contributed by atoms with Crippen LogP contribution in [0, 0.1) is 23.5 Å². The molecule has 0 bridgehead atoms. The van der Waals surface area contributed by atoms with Gasteiger partial charge in [-0.15, -0.1) is 0 Å². The smallest absolute Gasteiger partial charge is 0.159 e. The highest BCUT2D eigenvalue weighted by Crippen LogP contribution is 2.37. The Hall–Kier alpha value is -1.18. The van der Waals surface area contributed by atoms with Gasteiger partial charge < -0.3 is 0 Å². The Bertz CT molecular complexity index is 480. The van der Waals surface area contributed by atoms with Gasteiger partial charge in [0.1, 0.15) is 0 Å². The van der Waals surface area contributed by atoms with Crippen molar-refractivity contribution >= 4 is 0 Å². The van der Waals surface area contributed by atoms with E-state index in [9.17, 15) is 8.78 Å². The maximum Gasteiger partial charge on any atom is 0.159 e. The monoisotopic (exact) mass is 276 g/mol. The summed E-state index contributed by atoms with van der Waals surface area (Å²) < 4.78 is 26.2. The van der Waals surface area contributed by atoms with Crippen molar-refractivity contribution < 1.29 is 8.78 Å². The van der Waals surface area contributed by atoms with Crippen LogP contribution in [0.15, 0.2) is 30.4 Å². The predicted octanol–water partition coefficient (Wildman–Crippen LogP) is 5.59. The minimum atomic E-state index is -0.745. The van der Waals surface area contributed by atoms with E-state index in [1.807, 2.05) is 0 Å². The predicted molar refractivity (Wildman–Crippen MR) is 77.5 cm³/mol. The Kier molecular flexibility index (Phi) is 4.18. The fourth-order valence-corrected chi connectivity index (χ4v) is 3.36. The maximum atomic E-state index is 13.3. The molecule has 0 atom stereocenters. The van der Waals surface area contributed by atoms with Gasteiger partial charge in [-0.3, -0.25) is 0 Å². The molecule has 2 fully saturated rings. The average molecular weight is 276 g/mol. The van der Waals surface area contributed by atoms with E-state index in [1.54, 1.807) is 6.07 Å². The maximum absolute atomic E-state index is 13.3. The van der Waals surface area contributed by atoms with Gasteiger partial charge in [-0.25, -0.2) is 8.78 Å². The number of halogens is 2. The lowest BCUT2D eigenvalue weighted by molar-refractivity contribution is 0.361. The van der Waals surface area contributed by atoms with Gasteiger partial charge in [0.25, 0.3) is 0 Å². The third kappa shape index (κ3) is 3.11. The van der Waals surface area contributed by atoms with Crippen LogP contribution in [0.5, 0.6) is 0 Å². The molecule has 0 spiro atoms. The Morgan fingerprint density at radius 2 is 1.45 bits per heavy atom. The molecule has 3 rings (SSSR count). The van der Waals surface area contributed by atoms with Crippen LogP contribution in [0.25, 0.3) is 0 Å². The number of benzene rings is 1. The zero-order chi connectivity index (χ0) is 13.9. The first-order valence-corrected chi connectivity index (χ1v) is 7.85. The topological polar surface area (TPSA) is 0 Å². The molecule has 0 radical (unpaired) electrons. The van der Waals surface area contributed by atoms with Gasteiger partial charge >= 0.3 is 0 Å². The van der Waals surface area contributed by atoms with E-state index in [-0.39, 0.29) is 0 Å². The van der Waals surface area contributed by atoms with Crippen LogP contribution < -0.4 is 0 Å². The van der Waals surface area contributed by atoms with E-state index in [0.29, 0.717) is 11.8 Å². The van der Waals surface area contributed by atoms with Crippen LogP contribution >= 0.6 is 0 Å². The molecule has 20 heavy (non-hydrogen) atoms. The van der Waals surface area contributed by atoms with Crippen molar-refractivity contribution in [2.75, 3.05) is 0 Å². The van der Waals surface area contributed by atoms with Gasteiger partial charge in [0.15, 0.2) is 11.6 Å². The van der Waals surface area contributed by atoms with E-state index >= 15 is 0 Å². The van der Waals surface area contributed by atoms with Crippen LogP contribution in [-0.4, -0.2) is 0 Å². The molecule has 108 valence electrons. The zero-order valence-electron chi connectivity index (χ0n) is 11.8. The van der Waals surface area contributed by atoms with E-state index < -0.39 is 11.6 Å².